The second-order valence-electron chi connectivity index (χ2n) is 5.62. The van der Waals surface area contributed by atoms with E-state index in [1.54, 1.807) is 0 Å². The minimum Gasteiger partial charge on any atom is -0.371 e. The van der Waals surface area contributed by atoms with Crippen LogP contribution in [-0.2, 0) is 16.3 Å². The maximum absolute atomic E-state index is 11.6. The summed E-state index contributed by atoms with van der Waals surface area (Å²) in [5, 5.41) is 0.688. The zero-order valence-corrected chi connectivity index (χ0v) is 13.4. The Morgan fingerprint density at radius 3 is 2.70 bits per heavy atom. The van der Waals surface area contributed by atoms with Gasteiger partial charge in [0, 0.05) is 29.8 Å². The van der Waals surface area contributed by atoms with Gasteiger partial charge in [0.1, 0.15) is 0 Å². The van der Waals surface area contributed by atoms with Crippen LogP contribution >= 0.6 is 11.6 Å². The molecule has 0 aromatic heterocycles. The molecule has 0 spiro atoms. The summed E-state index contributed by atoms with van der Waals surface area (Å²) in [7, 11) is -0.955. The third-order valence-electron chi connectivity index (χ3n) is 3.74. The molecule has 6 heteroatoms. The summed E-state index contributed by atoms with van der Waals surface area (Å²) in [6, 6.07) is 5.95. The van der Waals surface area contributed by atoms with Gasteiger partial charge in [0.05, 0.1) is 11.5 Å². The topological polar surface area (TPSA) is 63.4 Å². The van der Waals surface area contributed by atoms with Crippen molar-refractivity contribution < 1.29 is 8.42 Å². The summed E-state index contributed by atoms with van der Waals surface area (Å²) in [5.41, 5.74) is 7.76. The molecule has 0 saturated carbocycles. The van der Waals surface area contributed by atoms with Crippen molar-refractivity contribution in [2.75, 3.05) is 23.5 Å². The van der Waals surface area contributed by atoms with E-state index < -0.39 is 9.84 Å². The highest BCUT2D eigenvalue weighted by molar-refractivity contribution is 7.91. The van der Waals surface area contributed by atoms with Crippen molar-refractivity contribution in [2.45, 2.75) is 31.8 Å². The Labute approximate surface area is 125 Å². The average Bonchev–Trinajstić information content (AvgIpc) is 2.71. The molecule has 0 bridgehead atoms. The van der Waals surface area contributed by atoms with Crippen LogP contribution in [-0.4, -0.2) is 39.1 Å². The first-order chi connectivity index (χ1) is 9.28. The molecule has 20 heavy (non-hydrogen) atoms. The van der Waals surface area contributed by atoms with Crippen molar-refractivity contribution in [1.82, 2.24) is 0 Å². The number of sulfone groups is 1. The van der Waals surface area contributed by atoms with E-state index in [2.05, 4.69) is 0 Å². The van der Waals surface area contributed by atoms with Gasteiger partial charge in [-0.15, -0.1) is 0 Å². The van der Waals surface area contributed by atoms with E-state index in [1.807, 2.05) is 37.1 Å². The predicted molar refractivity (Wildman–Crippen MR) is 84.3 cm³/mol. The van der Waals surface area contributed by atoms with Crippen LogP contribution in [0, 0.1) is 0 Å². The molecule has 1 heterocycles. The third kappa shape index (κ3) is 3.65. The minimum absolute atomic E-state index is 0.0374. The van der Waals surface area contributed by atoms with Gasteiger partial charge in [-0.1, -0.05) is 17.7 Å². The Hall–Kier alpha value is -0.780. The van der Waals surface area contributed by atoms with Gasteiger partial charge in [-0.25, -0.2) is 8.42 Å². The van der Waals surface area contributed by atoms with E-state index in [-0.39, 0.29) is 23.6 Å². The van der Waals surface area contributed by atoms with Gasteiger partial charge < -0.3 is 10.6 Å². The molecule has 2 rings (SSSR count). The van der Waals surface area contributed by atoms with Crippen molar-refractivity contribution in [2.24, 2.45) is 5.73 Å². The molecule has 1 saturated heterocycles. The summed E-state index contributed by atoms with van der Waals surface area (Å²) in [4.78, 5) is 2.01. The van der Waals surface area contributed by atoms with Crippen molar-refractivity contribution in [3.8, 4) is 0 Å². The van der Waals surface area contributed by atoms with Gasteiger partial charge in [-0.3, -0.25) is 0 Å². The Morgan fingerprint density at radius 2 is 2.20 bits per heavy atom. The van der Waals surface area contributed by atoms with Gasteiger partial charge in [-0.2, -0.15) is 0 Å². The molecule has 2 unspecified atom stereocenters. The molecular weight excluding hydrogens is 296 g/mol. The predicted octanol–water partition coefficient (Wildman–Crippen LogP) is 1.85. The molecule has 1 fully saturated rings. The SMILES string of the molecule is CC(N)Cc1ccc(N(C)C2CCS(=O)(=O)C2)cc1Cl. The van der Waals surface area contributed by atoms with E-state index in [4.69, 9.17) is 17.3 Å². The van der Waals surface area contributed by atoms with Crippen molar-refractivity contribution in [3.05, 3.63) is 28.8 Å². The number of anilines is 1. The lowest BCUT2D eigenvalue weighted by Crippen LogP contribution is -2.32. The molecule has 0 amide bonds. The average molecular weight is 317 g/mol. The van der Waals surface area contributed by atoms with Gasteiger partial charge >= 0.3 is 0 Å². The molecule has 4 nitrogen and oxygen atoms in total. The number of nitrogens with two attached hydrogens (primary N) is 1. The Morgan fingerprint density at radius 1 is 1.50 bits per heavy atom. The summed E-state index contributed by atoms with van der Waals surface area (Å²) >= 11 is 6.28. The maximum Gasteiger partial charge on any atom is 0.152 e. The zero-order valence-electron chi connectivity index (χ0n) is 11.8. The lowest BCUT2D eigenvalue weighted by atomic mass is 10.1. The van der Waals surface area contributed by atoms with Gasteiger partial charge in [0.2, 0.25) is 0 Å². The minimum atomic E-state index is -2.87. The zero-order chi connectivity index (χ0) is 14.9. The van der Waals surface area contributed by atoms with Crippen LogP contribution in [0.3, 0.4) is 0 Å². The highest BCUT2D eigenvalue weighted by atomic mass is 35.5. The fraction of sp³-hybridized carbons (Fsp3) is 0.571. The second-order valence-corrected chi connectivity index (χ2v) is 8.26. The third-order valence-corrected chi connectivity index (χ3v) is 5.84. The largest absolute Gasteiger partial charge is 0.371 e. The van der Waals surface area contributed by atoms with Crippen molar-refractivity contribution in [1.29, 1.82) is 0 Å². The molecule has 112 valence electrons. The number of benzene rings is 1. The van der Waals surface area contributed by atoms with Gasteiger partial charge in [0.15, 0.2) is 9.84 Å². The number of hydrogen-bond donors (Lipinski definition) is 1. The molecule has 0 radical (unpaired) electrons. The highest BCUT2D eigenvalue weighted by Gasteiger charge is 2.30. The van der Waals surface area contributed by atoms with Crippen molar-refractivity contribution in [3.63, 3.8) is 0 Å². The number of hydrogen-bond acceptors (Lipinski definition) is 4. The van der Waals surface area contributed by atoms with Crippen molar-refractivity contribution >= 4 is 27.1 Å². The van der Waals surface area contributed by atoms with Gasteiger partial charge in [-0.05, 0) is 37.5 Å². The van der Waals surface area contributed by atoms with Crippen LogP contribution < -0.4 is 10.6 Å². The Kier molecular flexibility index (Phi) is 4.62. The normalized spacial score (nSPS) is 22.7. The van der Waals surface area contributed by atoms with Crippen LogP contribution in [0.25, 0.3) is 0 Å². The standard InChI is InChI=1S/C14H21ClN2O2S/c1-10(16)7-11-3-4-12(8-14(11)15)17(2)13-5-6-20(18,19)9-13/h3-4,8,10,13H,5-7,9,16H2,1-2H3. The number of halogens is 1. The van der Waals surface area contributed by atoms with Crippen LogP contribution in [0.1, 0.15) is 18.9 Å². The molecule has 1 aromatic carbocycles. The first-order valence-corrected chi connectivity index (χ1v) is 8.96. The van der Waals surface area contributed by atoms with E-state index in [0.717, 1.165) is 17.7 Å². The fourth-order valence-corrected chi connectivity index (χ4v) is 4.59. The first-order valence-electron chi connectivity index (χ1n) is 6.76. The molecule has 1 aromatic rings. The van der Waals surface area contributed by atoms with Crippen LogP contribution in [0.4, 0.5) is 5.69 Å². The smallest absolute Gasteiger partial charge is 0.152 e. The summed E-state index contributed by atoms with van der Waals surface area (Å²) in [6.45, 7) is 1.94. The molecule has 2 atom stereocenters. The van der Waals surface area contributed by atoms with E-state index in [0.29, 0.717) is 11.4 Å². The van der Waals surface area contributed by atoms with Crippen LogP contribution in [0.2, 0.25) is 5.02 Å². The van der Waals surface area contributed by atoms with Gasteiger partial charge in [0.25, 0.3) is 0 Å². The Balaban J connectivity index is 2.15. The molecule has 1 aliphatic rings. The van der Waals surface area contributed by atoms with Crippen LogP contribution in [0.15, 0.2) is 18.2 Å². The lowest BCUT2D eigenvalue weighted by Gasteiger charge is -2.26. The molecule has 0 aliphatic carbocycles. The Bertz CT molecular complexity index is 587. The number of rotatable bonds is 4. The molecule has 1 aliphatic heterocycles. The fourth-order valence-electron chi connectivity index (χ4n) is 2.56. The van der Waals surface area contributed by atoms with E-state index in [1.165, 1.54) is 0 Å². The monoisotopic (exact) mass is 316 g/mol. The summed E-state index contributed by atoms with van der Waals surface area (Å²) in [6.07, 6.45) is 1.42. The first kappa shape index (κ1) is 15.6. The second kappa shape index (κ2) is 5.92. The number of nitrogens with zero attached hydrogens (tertiary/aromatic N) is 1. The van der Waals surface area contributed by atoms with E-state index >= 15 is 0 Å². The van der Waals surface area contributed by atoms with Crippen LogP contribution in [0.5, 0.6) is 0 Å². The maximum atomic E-state index is 11.6. The highest BCUT2D eigenvalue weighted by Crippen LogP contribution is 2.27. The summed E-state index contributed by atoms with van der Waals surface area (Å²) in [5.74, 6) is 0.501. The van der Waals surface area contributed by atoms with E-state index in [9.17, 15) is 8.42 Å². The molecule has 2 N–H and O–H groups in total. The quantitative estimate of drug-likeness (QED) is 0.921. The lowest BCUT2D eigenvalue weighted by molar-refractivity contribution is 0.601. The molecular formula is C14H21ClN2O2S. The summed E-state index contributed by atoms with van der Waals surface area (Å²) < 4.78 is 23.1.